The lowest BCUT2D eigenvalue weighted by atomic mass is 10.2. The van der Waals surface area contributed by atoms with Gasteiger partial charge in [0, 0.05) is 32.5 Å². The van der Waals surface area contributed by atoms with Gasteiger partial charge in [-0.25, -0.2) is 9.97 Å². The SMILES string of the molecule is CCc1nc(C(C)=O)cc(N2CCCC2)n1. The molecular weight excluding hydrogens is 202 g/mol. The predicted octanol–water partition coefficient (Wildman–Crippen LogP) is 1.84. The van der Waals surface area contributed by atoms with E-state index in [0.717, 1.165) is 31.2 Å². The van der Waals surface area contributed by atoms with Gasteiger partial charge in [0.2, 0.25) is 0 Å². The molecule has 1 aromatic heterocycles. The van der Waals surface area contributed by atoms with E-state index in [-0.39, 0.29) is 5.78 Å². The van der Waals surface area contributed by atoms with Crippen molar-refractivity contribution in [3.63, 3.8) is 0 Å². The van der Waals surface area contributed by atoms with E-state index in [1.54, 1.807) is 6.92 Å². The van der Waals surface area contributed by atoms with Crippen molar-refractivity contribution in [1.82, 2.24) is 9.97 Å². The molecule has 0 radical (unpaired) electrons. The van der Waals surface area contributed by atoms with Crippen LogP contribution in [0.5, 0.6) is 0 Å². The van der Waals surface area contributed by atoms with Gasteiger partial charge in [0.1, 0.15) is 17.3 Å². The summed E-state index contributed by atoms with van der Waals surface area (Å²) in [5.74, 6) is 1.68. The van der Waals surface area contributed by atoms with Gasteiger partial charge in [-0.15, -0.1) is 0 Å². The first-order valence-corrected chi connectivity index (χ1v) is 5.84. The van der Waals surface area contributed by atoms with Gasteiger partial charge in [0.05, 0.1) is 0 Å². The number of anilines is 1. The minimum absolute atomic E-state index is 0.0116. The minimum Gasteiger partial charge on any atom is -0.356 e. The summed E-state index contributed by atoms with van der Waals surface area (Å²) in [5, 5.41) is 0. The van der Waals surface area contributed by atoms with Crippen LogP contribution in [-0.4, -0.2) is 28.8 Å². The van der Waals surface area contributed by atoms with Crippen LogP contribution in [0.25, 0.3) is 0 Å². The topological polar surface area (TPSA) is 46.1 Å². The predicted molar refractivity (Wildman–Crippen MR) is 62.9 cm³/mol. The average Bonchev–Trinajstić information content (AvgIpc) is 2.81. The van der Waals surface area contributed by atoms with Gasteiger partial charge in [0.15, 0.2) is 5.78 Å². The van der Waals surface area contributed by atoms with Crippen LogP contribution in [-0.2, 0) is 6.42 Å². The summed E-state index contributed by atoms with van der Waals surface area (Å²) < 4.78 is 0. The molecule has 0 N–H and O–H groups in total. The summed E-state index contributed by atoms with van der Waals surface area (Å²) in [7, 11) is 0. The van der Waals surface area contributed by atoms with E-state index in [4.69, 9.17) is 0 Å². The fourth-order valence-electron chi connectivity index (χ4n) is 1.93. The first-order valence-electron chi connectivity index (χ1n) is 5.84. The smallest absolute Gasteiger partial charge is 0.178 e. The maximum Gasteiger partial charge on any atom is 0.178 e. The monoisotopic (exact) mass is 219 g/mol. The van der Waals surface area contributed by atoms with Crippen molar-refractivity contribution < 1.29 is 4.79 Å². The second-order valence-corrected chi connectivity index (χ2v) is 4.13. The van der Waals surface area contributed by atoms with E-state index in [1.165, 1.54) is 12.8 Å². The molecule has 0 saturated carbocycles. The fraction of sp³-hybridized carbons (Fsp3) is 0.583. The summed E-state index contributed by atoms with van der Waals surface area (Å²) in [6, 6.07) is 1.81. The highest BCUT2D eigenvalue weighted by Crippen LogP contribution is 2.19. The molecule has 0 aromatic carbocycles. The third-order valence-electron chi connectivity index (χ3n) is 2.87. The Morgan fingerprint density at radius 1 is 1.38 bits per heavy atom. The van der Waals surface area contributed by atoms with Crippen LogP contribution in [0, 0.1) is 0 Å². The Labute approximate surface area is 95.7 Å². The van der Waals surface area contributed by atoms with Crippen molar-refractivity contribution in [3.8, 4) is 0 Å². The Balaban J connectivity index is 2.35. The van der Waals surface area contributed by atoms with Gasteiger partial charge in [-0.2, -0.15) is 0 Å². The van der Waals surface area contributed by atoms with Crippen molar-refractivity contribution in [1.29, 1.82) is 0 Å². The molecule has 1 fully saturated rings. The summed E-state index contributed by atoms with van der Waals surface area (Å²) in [5.41, 5.74) is 0.536. The lowest BCUT2D eigenvalue weighted by Crippen LogP contribution is -2.20. The van der Waals surface area contributed by atoms with Gasteiger partial charge in [-0.3, -0.25) is 4.79 Å². The zero-order valence-corrected chi connectivity index (χ0v) is 9.86. The normalized spacial score (nSPS) is 15.5. The number of rotatable bonds is 3. The van der Waals surface area contributed by atoms with Crippen LogP contribution in [0.1, 0.15) is 43.0 Å². The Bertz CT molecular complexity index is 397. The summed E-state index contributed by atoms with van der Waals surface area (Å²) in [6.07, 6.45) is 3.18. The van der Waals surface area contributed by atoms with Crippen LogP contribution in [0.2, 0.25) is 0 Å². The third kappa shape index (κ3) is 2.21. The van der Waals surface area contributed by atoms with Gasteiger partial charge in [0.25, 0.3) is 0 Å². The lowest BCUT2D eigenvalue weighted by molar-refractivity contribution is 0.101. The second-order valence-electron chi connectivity index (χ2n) is 4.13. The molecule has 2 heterocycles. The van der Waals surface area contributed by atoms with E-state index in [2.05, 4.69) is 14.9 Å². The molecule has 1 aliphatic rings. The number of aryl methyl sites for hydroxylation is 1. The molecule has 0 unspecified atom stereocenters. The van der Waals surface area contributed by atoms with Crippen molar-refractivity contribution in [3.05, 3.63) is 17.6 Å². The third-order valence-corrected chi connectivity index (χ3v) is 2.87. The maximum absolute atomic E-state index is 11.4. The zero-order valence-electron chi connectivity index (χ0n) is 9.86. The molecule has 2 rings (SSSR count). The Morgan fingerprint density at radius 2 is 2.06 bits per heavy atom. The molecule has 4 nitrogen and oxygen atoms in total. The molecular formula is C12H17N3O. The molecule has 86 valence electrons. The maximum atomic E-state index is 11.4. The van der Waals surface area contributed by atoms with E-state index in [9.17, 15) is 4.79 Å². The number of aromatic nitrogens is 2. The Hall–Kier alpha value is -1.45. The molecule has 1 saturated heterocycles. The van der Waals surface area contributed by atoms with Crippen LogP contribution >= 0.6 is 0 Å². The van der Waals surface area contributed by atoms with Crippen molar-refractivity contribution in [2.75, 3.05) is 18.0 Å². The first kappa shape index (κ1) is 11.0. The number of carbonyl (C=O) groups is 1. The molecule has 0 bridgehead atoms. The van der Waals surface area contributed by atoms with Gasteiger partial charge < -0.3 is 4.90 Å². The van der Waals surface area contributed by atoms with Crippen molar-refractivity contribution >= 4 is 11.6 Å². The van der Waals surface area contributed by atoms with E-state index in [0.29, 0.717) is 5.69 Å². The number of nitrogens with zero attached hydrogens (tertiary/aromatic N) is 3. The van der Waals surface area contributed by atoms with E-state index >= 15 is 0 Å². The molecule has 0 spiro atoms. The van der Waals surface area contributed by atoms with Crippen LogP contribution in [0.3, 0.4) is 0 Å². The summed E-state index contributed by atoms with van der Waals surface area (Å²) in [6.45, 7) is 5.64. The fourth-order valence-corrected chi connectivity index (χ4v) is 1.93. The molecule has 4 heteroatoms. The average molecular weight is 219 g/mol. The number of Topliss-reactive ketones (excluding diaryl/α,β-unsaturated/α-hetero) is 1. The first-order chi connectivity index (χ1) is 7.70. The molecule has 1 aliphatic heterocycles. The van der Waals surface area contributed by atoms with Gasteiger partial charge in [-0.1, -0.05) is 6.92 Å². The zero-order chi connectivity index (χ0) is 11.5. The molecule has 1 aromatic rings. The van der Waals surface area contributed by atoms with Crippen molar-refractivity contribution in [2.24, 2.45) is 0 Å². The lowest BCUT2D eigenvalue weighted by Gasteiger charge is -2.17. The molecule has 0 amide bonds. The standard InChI is InChI=1S/C12H17N3O/c1-3-11-13-10(9(2)16)8-12(14-11)15-6-4-5-7-15/h8H,3-7H2,1-2H3. The van der Waals surface area contributed by atoms with Crippen LogP contribution in [0.4, 0.5) is 5.82 Å². The quantitative estimate of drug-likeness (QED) is 0.728. The molecule has 16 heavy (non-hydrogen) atoms. The molecule has 0 atom stereocenters. The summed E-state index contributed by atoms with van der Waals surface area (Å²) >= 11 is 0. The van der Waals surface area contributed by atoms with Crippen LogP contribution < -0.4 is 4.90 Å². The van der Waals surface area contributed by atoms with Crippen molar-refractivity contribution in [2.45, 2.75) is 33.1 Å². The highest BCUT2D eigenvalue weighted by atomic mass is 16.1. The van der Waals surface area contributed by atoms with Gasteiger partial charge in [-0.05, 0) is 12.8 Å². The highest BCUT2D eigenvalue weighted by molar-refractivity contribution is 5.92. The van der Waals surface area contributed by atoms with Gasteiger partial charge >= 0.3 is 0 Å². The molecule has 0 aliphatic carbocycles. The summed E-state index contributed by atoms with van der Waals surface area (Å²) in [4.78, 5) is 22.3. The van der Waals surface area contributed by atoms with E-state index < -0.39 is 0 Å². The minimum atomic E-state index is 0.0116. The second kappa shape index (κ2) is 4.60. The van der Waals surface area contributed by atoms with Crippen LogP contribution in [0.15, 0.2) is 6.07 Å². The number of hydrogen-bond acceptors (Lipinski definition) is 4. The highest BCUT2D eigenvalue weighted by Gasteiger charge is 2.16. The van der Waals surface area contributed by atoms with E-state index in [1.807, 2.05) is 13.0 Å². The largest absolute Gasteiger partial charge is 0.356 e. The Morgan fingerprint density at radius 3 is 2.62 bits per heavy atom. The number of hydrogen-bond donors (Lipinski definition) is 0. The number of ketones is 1. The Kier molecular flexibility index (Phi) is 3.17. The number of carbonyl (C=O) groups excluding carboxylic acids is 1.